The van der Waals surface area contributed by atoms with E-state index < -0.39 is 11.6 Å². The zero-order valence-electron chi connectivity index (χ0n) is 11.3. The Labute approximate surface area is 112 Å². The maximum atomic E-state index is 13.1. The van der Waals surface area contributed by atoms with Gasteiger partial charge in [0.2, 0.25) is 0 Å². The molecular weight excluding hydrogens is 248 g/mol. The van der Waals surface area contributed by atoms with Crippen LogP contribution in [0.15, 0.2) is 18.2 Å². The fourth-order valence-corrected chi connectivity index (χ4v) is 2.96. The van der Waals surface area contributed by atoms with E-state index in [0.29, 0.717) is 18.0 Å². The quantitative estimate of drug-likeness (QED) is 0.880. The maximum absolute atomic E-state index is 13.1. The van der Waals surface area contributed by atoms with E-state index >= 15 is 0 Å². The first-order valence-electron chi connectivity index (χ1n) is 6.84. The van der Waals surface area contributed by atoms with Crippen molar-refractivity contribution in [2.45, 2.75) is 44.7 Å². The van der Waals surface area contributed by atoms with Crippen molar-refractivity contribution in [3.63, 3.8) is 0 Å². The van der Waals surface area contributed by atoms with E-state index in [4.69, 9.17) is 0 Å². The monoisotopic (exact) mass is 269 g/mol. The van der Waals surface area contributed by atoms with Crippen LogP contribution in [0.5, 0.6) is 0 Å². The van der Waals surface area contributed by atoms with Gasteiger partial charge in [-0.15, -0.1) is 0 Å². The Bertz CT molecular complexity index is 438. The Kier molecular flexibility index (Phi) is 4.53. The molecule has 4 heteroatoms. The second-order valence-electron chi connectivity index (χ2n) is 5.74. The molecule has 0 saturated heterocycles. The molecular formula is C15H21F2NO. The third-order valence-corrected chi connectivity index (χ3v) is 4.05. The van der Waals surface area contributed by atoms with Gasteiger partial charge >= 0.3 is 0 Å². The summed E-state index contributed by atoms with van der Waals surface area (Å²) in [5.74, 6) is -1.07. The average molecular weight is 269 g/mol. The van der Waals surface area contributed by atoms with E-state index in [9.17, 15) is 13.9 Å². The highest BCUT2D eigenvalue weighted by molar-refractivity contribution is 5.18. The number of nitrogens with one attached hydrogen (secondary N) is 1. The van der Waals surface area contributed by atoms with Crippen LogP contribution < -0.4 is 5.32 Å². The Morgan fingerprint density at radius 3 is 2.79 bits per heavy atom. The smallest absolute Gasteiger partial charge is 0.159 e. The van der Waals surface area contributed by atoms with Gasteiger partial charge in [0.1, 0.15) is 0 Å². The standard InChI is InChI=1S/C15H21F2NO/c1-11-3-2-6-15(8-11,10-19)18-9-12-4-5-13(16)14(17)7-12/h4-5,7,11,18-19H,2-3,6,8-10H2,1H3. The van der Waals surface area contributed by atoms with Crippen molar-refractivity contribution in [2.24, 2.45) is 5.92 Å². The fraction of sp³-hybridized carbons (Fsp3) is 0.600. The Balaban J connectivity index is 2.01. The first-order valence-corrected chi connectivity index (χ1v) is 6.84. The van der Waals surface area contributed by atoms with E-state index in [-0.39, 0.29) is 12.1 Å². The van der Waals surface area contributed by atoms with Crippen LogP contribution in [-0.4, -0.2) is 17.3 Å². The van der Waals surface area contributed by atoms with Crippen LogP contribution >= 0.6 is 0 Å². The van der Waals surface area contributed by atoms with Crippen LogP contribution in [0.4, 0.5) is 8.78 Å². The van der Waals surface area contributed by atoms with Crippen molar-refractivity contribution in [1.29, 1.82) is 0 Å². The van der Waals surface area contributed by atoms with Crippen LogP contribution in [0, 0.1) is 17.6 Å². The molecule has 2 nitrogen and oxygen atoms in total. The summed E-state index contributed by atoms with van der Waals surface area (Å²) in [4.78, 5) is 0. The van der Waals surface area contributed by atoms with Gasteiger partial charge in [0.05, 0.1) is 6.61 Å². The normalized spacial score (nSPS) is 27.5. The summed E-state index contributed by atoms with van der Waals surface area (Å²) in [6.45, 7) is 2.72. The molecule has 0 heterocycles. The molecule has 1 aliphatic carbocycles. The molecule has 2 N–H and O–H groups in total. The molecule has 0 aromatic heterocycles. The molecule has 0 bridgehead atoms. The summed E-state index contributed by atoms with van der Waals surface area (Å²) in [5, 5.41) is 13.0. The number of hydrogen-bond acceptors (Lipinski definition) is 2. The number of aliphatic hydroxyl groups is 1. The molecule has 2 atom stereocenters. The van der Waals surface area contributed by atoms with Crippen LogP contribution in [-0.2, 0) is 6.54 Å². The van der Waals surface area contributed by atoms with Crippen LogP contribution in [0.3, 0.4) is 0 Å². The summed E-state index contributed by atoms with van der Waals surface area (Å²) in [6.07, 6.45) is 4.13. The molecule has 106 valence electrons. The number of aliphatic hydroxyl groups excluding tert-OH is 1. The predicted octanol–water partition coefficient (Wildman–Crippen LogP) is 3.00. The van der Waals surface area contributed by atoms with Crippen molar-refractivity contribution in [3.05, 3.63) is 35.4 Å². The first-order chi connectivity index (χ1) is 9.04. The van der Waals surface area contributed by atoms with Gasteiger partial charge in [0.25, 0.3) is 0 Å². The van der Waals surface area contributed by atoms with Crippen LogP contribution in [0.25, 0.3) is 0 Å². The molecule has 1 aliphatic rings. The highest BCUT2D eigenvalue weighted by Crippen LogP contribution is 2.32. The van der Waals surface area contributed by atoms with Gasteiger partial charge in [0.15, 0.2) is 11.6 Å². The molecule has 0 radical (unpaired) electrons. The summed E-state index contributed by atoms with van der Waals surface area (Å²) >= 11 is 0. The second kappa shape index (κ2) is 5.97. The number of hydrogen-bond donors (Lipinski definition) is 2. The molecule has 0 aliphatic heterocycles. The summed E-state index contributed by atoms with van der Waals surface area (Å²) in [6, 6.07) is 3.92. The number of benzene rings is 1. The maximum Gasteiger partial charge on any atom is 0.159 e. The topological polar surface area (TPSA) is 32.3 Å². The number of rotatable bonds is 4. The van der Waals surface area contributed by atoms with Gasteiger partial charge in [0, 0.05) is 12.1 Å². The highest BCUT2D eigenvalue weighted by Gasteiger charge is 2.33. The third-order valence-electron chi connectivity index (χ3n) is 4.05. The Morgan fingerprint density at radius 2 is 2.16 bits per heavy atom. The largest absolute Gasteiger partial charge is 0.394 e. The minimum absolute atomic E-state index is 0.0843. The van der Waals surface area contributed by atoms with E-state index in [1.807, 2.05) is 0 Å². The molecule has 19 heavy (non-hydrogen) atoms. The van der Waals surface area contributed by atoms with E-state index in [2.05, 4.69) is 12.2 Å². The lowest BCUT2D eigenvalue weighted by molar-refractivity contribution is 0.0982. The van der Waals surface area contributed by atoms with Gasteiger partial charge in [-0.1, -0.05) is 25.8 Å². The molecule has 1 aromatic carbocycles. The van der Waals surface area contributed by atoms with E-state index in [1.54, 1.807) is 6.07 Å². The Hall–Kier alpha value is -1.00. The summed E-state index contributed by atoms with van der Waals surface area (Å²) < 4.78 is 26.0. The van der Waals surface area contributed by atoms with Gasteiger partial charge in [-0.2, -0.15) is 0 Å². The Morgan fingerprint density at radius 1 is 1.37 bits per heavy atom. The molecule has 2 rings (SSSR count). The first kappa shape index (κ1) is 14.4. The lowest BCUT2D eigenvalue weighted by atomic mass is 9.77. The number of halogens is 2. The summed E-state index contributed by atoms with van der Waals surface area (Å²) in [5.41, 5.74) is 0.424. The van der Waals surface area contributed by atoms with Crippen molar-refractivity contribution in [2.75, 3.05) is 6.61 Å². The van der Waals surface area contributed by atoms with E-state index in [0.717, 1.165) is 25.3 Å². The molecule has 0 amide bonds. The molecule has 1 aromatic rings. The van der Waals surface area contributed by atoms with Crippen molar-refractivity contribution >= 4 is 0 Å². The molecule has 1 saturated carbocycles. The average Bonchev–Trinajstić information content (AvgIpc) is 2.40. The summed E-state index contributed by atoms with van der Waals surface area (Å²) in [7, 11) is 0. The minimum Gasteiger partial charge on any atom is -0.394 e. The van der Waals surface area contributed by atoms with Gasteiger partial charge < -0.3 is 10.4 Å². The van der Waals surface area contributed by atoms with Gasteiger partial charge in [-0.05, 0) is 36.5 Å². The fourth-order valence-electron chi connectivity index (χ4n) is 2.96. The second-order valence-corrected chi connectivity index (χ2v) is 5.74. The zero-order valence-corrected chi connectivity index (χ0v) is 11.3. The van der Waals surface area contributed by atoms with Crippen molar-refractivity contribution in [1.82, 2.24) is 5.32 Å². The zero-order chi connectivity index (χ0) is 13.9. The molecule has 2 unspecified atom stereocenters. The predicted molar refractivity (Wildman–Crippen MR) is 70.6 cm³/mol. The third kappa shape index (κ3) is 3.51. The van der Waals surface area contributed by atoms with Crippen molar-refractivity contribution in [3.8, 4) is 0 Å². The highest BCUT2D eigenvalue weighted by atomic mass is 19.2. The van der Waals surface area contributed by atoms with E-state index in [1.165, 1.54) is 12.5 Å². The van der Waals surface area contributed by atoms with Gasteiger partial charge in [-0.3, -0.25) is 0 Å². The SMILES string of the molecule is CC1CCCC(CO)(NCc2ccc(F)c(F)c2)C1. The van der Waals surface area contributed by atoms with Gasteiger partial charge in [-0.25, -0.2) is 8.78 Å². The van der Waals surface area contributed by atoms with Crippen LogP contribution in [0.2, 0.25) is 0 Å². The van der Waals surface area contributed by atoms with Crippen LogP contribution in [0.1, 0.15) is 38.2 Å². The molecule has 1 fully saturated rings. The lowest BCUT2D eigenvalue weighted by Crippen LogP contribution is -2.51. The lowest BCUT2D eigenvalue weighted by Gasteiger charge is -2.39. The molecule has 0 spiro atoms. The van der Waals surface area contributed by atoms with Crippen molar-refractivity contribution < 1.29 is 13.9 Å². The minimum atomic E-state index is -0.827.